The van der Waals surface area contributed by atoms with Crippen LogP contribution in [0.25, 0.3) is 0 Å². The van der Waals surface area contributed by atoms with Crippen LogP contribution in [0, 0.1) is 19.7 Å². The molecule has 0 aliphatic heterocycles. The Morgan fingerprint density at radius 3 is 2.20 bits per heavy atom. The monoisotopic (exact) mass is 273 g/mol. The van der Waals surface area contributed by atoms with Crippen molar-refractivity contribution in [3.63, 3.8) is 0 Å². The normalized spacial score (nSPS) is 10.4. The van der Waals surface area contributed by atoms with Crippen molar-refractivity contribution < 1.29 is 13.9 Å². The quantitative estimate of drug-likeness (QED) is 0.689. The second-order valence-electron chi connectivity index (χ2n) is 4.71. The summed E-state index contributed by atoms with van der Waals surface area (Å²) < 4.78 is 18.7. The summed E-state index contributed by atoms with van der Waals surface area (Å²) >= 11 is 0. The molecule has 0 saturated heterocycles. The highest BCUT2D eigenvalue weighted by atomic mass is 19.1. The lowest BCUT2D eigenvalue weighted by molar-refractivity contribution is 0.103. The number of hydrogen-bond acceptors (Lipinski definition) is 3. The summed E-state index contributed by atoms with van der Waals surface area (Å²) in [6.07, 6.45) is 0. The van der Waals surface area contributed by atoms with Crippen molar-refractivity contribution in [1.29, 1.82) is 0 Å². The maximum atomic E-state index is 13.4. The molecule has 0 aliphatic rings. The van der Waals surface area contributed by atoms with Crippen LogP contribution < -0.4 is 10.5 Å². The van der Waals surface area contributed by atoms with Gasteiger partial charge in [-0.2, -0.15) is 0 Å². The molecule has 2 aromatic carbocycles. The maximum Gasteiger partial charge on any atom is 0.193 e. The molecule has 0 amide bonds. The summed E-state index contributed by atoms with van der Waals surface area (Å²) in [5.41, 5.74) is 7.96. The third kappa shape index (κ3) is 2.50. The first kappa shape index (κ1) is 14.1. The van der Waals surface area contributed by atoms with Crippen LogP contribution in [0.1, 0.15) is 27.0 Å². The molecule has 2 N–H and O–H groups in total. The van der Waals surface area contributed by atoms with Crippen molar-refractivity contribution in [2.24, 2.45) is 0 Å². The van der Waals surface area contributed by atoms with Gasteiger partial charge < -0.3 is 10.5 Å². The van der Waals surface area contributed by atoms with Crippen LogP contribution in [-0.4, -0.2) is 12.9 Å². The first-order valence-electron chi connectivity index (χ1n) is 6.19. The number of rotatable bonds is 3. The predicted molar refractivity (Wildman–Crippen MR) is 76.7 cm³/mol. The molecule has 0 spiro atoms. The van der Waals surface area contributed by atoms with Gasteiger partial charge in [0.25, 0.3) is 0 Å². The number of ketones is 1. The van der Waals surface area contributed by atoms with E-state index in [4.69, 9.17) is 10.5 Å². The van der Waals surface area contributed by atoms with E-state index in [1.54, 1.807) is 19.2 Å². The molecule has 2 rings (SSSR count). The van der Waals surface area contributed by atoms with E-state index in [1.807, 2.05) is 13.8 Å². The lowest BCUT2D eigenvalue weighted by atomic mass is 9.98. The van der Waals surface area contributed by atoms with Gasteiger partial charge in [-0.25, -0.2) is 4.39 Å². The van der Waals surface area contributed by atoms with E-state index in [-0.39, 0.29) is 17.0 Å². The molecule has 4 heteroatoms. The molecule has 0 heterocycles. The smallest absolute Gasteiger partial charge is 0.193 e. The number of ether oxygens (including phenoxy) is 1. The lowest BCUT2D eigenvalue weighted by Gasteiger charge is -2.11. The van der Waals surface area contributed by atoms with E-state index in [2.05, 4.69) is 0 Å². The minimum Gasteiger partial charge on any atom is -0.496 e. The Kier molecular flexibility index (Phi) is 3.74. The van der Waals surface area contributed by atoms with Gasteiger partial charge in [-0.1, -0.05) is 0 Å². The van der Waals surface area contributed by atoms with E-state index in [1.165, 1.54) is 12.1 Å². The van der Waals surface area contributed by atoms with Crippen LogP contribution >= 0.6 is 0 Å². The minimum absolute atomic E-state index is 0.0312. The van der Waals surface area contributed by atoms with E-state index >= 15 is 0 Å². The molecule has 0 fully saturated rings. The van der Waals surface area contributed by atoms with Crippen LogP contribution in [-0.2, 0) is 0 Å². The molecule has 0 saturated carbocycles. The van der Waals surface area contributed by atoms with Gasteiger partial charge in [0.2, 0.25) is 0 Å². The Labute approximate surface area is 117 Å². The zero-order valence-corrected chi connectivity index (χ0v) is 11.7. The van der Waals surface area contributed by atoms with E-state index in [0.717, 1.165) is 22.9 Å². The number of anilines is 1. The largest absolute Gasteiger partial charge is 0.496 e. The van der Waals surface area contributed by atoms with E-state index in [0.29, 0.717) is 5.56 Å². The van der Waals surface area contributed by atoms with E-state index < -0.39 is 5.82 Å². The van der Waals surface area contributed by atoms with Gasteiger partial charge in [-0.15, -0.1) is 0 Å². The molecule has 0 aromatic heterocycles. The average molecular weight is 273 g/mol. The topological polar surface area (TPSA) is 52.3 Å². The first-order valence-corrected chi connectivity index (χ1v) is 6.19. The Morgan fingerprint density at radius 1 is 1.10 bits per heavy atom. The summed E-state index contributed by atoms with van der Waals surface area (Å²) in [7, 11) is 1.59. The third-order valence-electron chi connectivity index (χ3n) is 3.19. The molecular formula is C16H16FNO2. The number of nitrogen functional groups attached to an aromatic ring is 1. The number of carbonyl (C=O) groups is 1. The van der Waals surface area contributed by atoms with Crippen molar-refractivity contribution in [3.05, 3.63) is 58.4 Å². The van der Waals surface area contributed by atoms with Crippen molar-refractivity contribution in [1.82, 2.24) is 0 Å². The summed E-state index contributed by atoms with van der Waals surface area (Å²) in [6.45, 7) is 3.73. The third-order valence-corrected chi connectivity index (χ3v) is 3.19. The minimum atomic E-state index is -0.585. The molecule has 3 nitrogen and oxygen atoms in total. The van der Waals surface area contributed by atoms with Gasteiger partial charge in [0.15, 0.2) is 5.78 Å². The standard InChI is InChI=1S/C16H16FNO2/c1-9-6-12(7-10(2)16(9)20-3)15(19)11-4-5-14(18)13(17)8-11/h4-8H,18H2,1-3H3. The Morgan fingerprint density at radius 2 is 1.70 bits per heavy atom. The number of nitrogens with two attached hydrogens (primary N) is 1. The number of aryl methyl sites for hydroxylation is 2. The molecule has 0 radical (unpaired) electrons. The average Bonchev–Trinajstić information content (AvgIpc) is 2.40. The molecule has 0 aliphatic carbocycles. The number of methoxy groups -OCH3 is 1. The van der Waals surface area contributed by atoms with Gasteiger partial charge in [0.1, 0.15) is 11.6 Å². The van der Waals surface area contributed by atoms with Crippen molar-refractivity contribution >= 4 is 11.5 Å². The van der Waals surface area contributed by atoms with Gasteiger partial charge in [0, 0.05) is 11.1 Å². The zero-order valence-electron chi connectivity index (χ0n) is 11.7. The van der Waals surface area contributed by atoms with Crippen LogP contribution in [0.5, 0.6) is 5.75 Å². The molecule has 104 valence electrons. The van der Waals surface area contributed by atoms with Gasteiger partial charge in [0.05, 0.1) is 12.8 Å². The van der Waals surface area contributed by atoms with Gasteiger partial charge >= 0.3 is 0 Å². The van der Waals surface area contributed by atoms with Crippen molar-refractivity contribution in [2.45, 2.75) is 13.8 Å². The number of carbonyl (C=O) groups excluding carboxylic acids is 1. The number of hydrogen-bond donors (Lipinski definition) is 1. The number of halogens is 1. The first-order chi connectivity index (χ1) is 9.43. The molecule has 0 bridgehead atoms. The molecule has 2 aromatic rings. The zero-order chi connectivity index (χ0) is 14.9. The van der Waals surface area contributed by atoms with Crippen LogP contribution in [0.2, 0.25) is 0 Å². The summed E-state index contributed by atoms with van der Waals surface area (Å²) in [6, 6.07) is 7.55. The van der Waals surface area contributed by atoms with Crippen LogP contribution in [0.4, 0.5) is 10.1 Å². The van der Waals surface area contributed by atoms with Crippen molar-refractivity contribution in [3.8, 4) is 5.75 Å². The predicted octanol–water partition coefficient (Wildman–Crippen LogP) is 3.26. The maximum absolute atomic E-state index is 13.4. The lowest BCUT2D eigenvalue weighted by Crippen LogP contribution is -2.05. The highest BCUT2D eigenvalue weighted by molar-refractivity contribution is 6.09. The van der Waals surface area contributed by atoms with Crippen LogP contribution in [0.15, 0.2) is 30.3 Å². The highest BCUT2D eigenvalue weighted by Gasteiger charge is 2.14. The highest BCUT2D eigenvalue weighted by Crippen LogP contribution is 2.26. The molecule has 0 unspecified atom stereocenters. The van der Waals surface area contributed by atoms with E-state index in [9.17, 15) is 9.18 Å². The van der Waals surface area contributed by atoms with Gasteiger partial charge in [-0.05, 0) is 55.3 Å². The van der Waals surface area contributed by atoms with Crippen molar-refractivity contribution in [2.75, 3.05) is 12.8 Å². The molecule has 20 heavy (non-hydrogen) atoms. The second-order valence-corrected chi connectivity index (χ2v) is 4.71. The number of benzene rings is 2. The fraction of sp³-hybridized carbons (Fsp3) is 0.188. The van der Waals surface area contributed by atoms with Crippen LogP contribution in [0.3, 0.4) is 0 Å². The summed E-state index contributed by atoms with van der Waals surface area (Å²) in [5.74, 6) is -0.0689. The summed E-state index contributed by atoms with van der Waals surface area (Å²) in [4.78, 5) is 12.4. The van der Waals surface area contributed by atoms with Gasteiger partial charge in [-0.3, -0.25) is 4.79 Å². The SMILES string of the molecule is COc1c(C)cc(C(=O)c2ccc(N)c(F)c2)cc1C. The second kappa shape index (κ2) is 5.33. The molecule has 0 atom stereocenters. The molecular weight excluding hydrogens is 257 g/mol. The Balaban J connectivity index is 2.45. The fourth-order valence-corrected chi connectivity index (χ4v) is 2.24. The Bertz CT molecular complexity index is 657. The Hall–Kier alpha value is -2.36. The fourth-order valence-electron chi connectivity index (χ4n) is 2.24. The summed E-state index contributed by atoms with van der Waals surface area (Å²) in [5, 5.41) is 0.